The van der Waals surface area contributed by atoms with Crippen LogP contribution in [0.2, 0.25) is 0 Å². The summed E-state index contributed by atoms with van der Waals surface area (Å²) in [6, 6.07) is 0. The van der Waals surface area contributed by atoms with Crippen LogP contribution in [0.25, 0.3) is 0 Å². The van der Waals surface area contributed by atoms with E-state index < -0.39 is 0 Å². The quantitative estimate of drug-likeness (QED) is 0.793. The van der Waals surface area contributed by atoms with Gasteiger partial charge in [-0.2, -0.15) is 0 Å². The first kappa shape index (κ1) is 14.2. The Labute approximate surface area is 106 Å². The van der Waals surface area contributed by atoms with Crippen LogP contribution in [0.4, 0.5) is 0 Å². The molecular weight excluding hydrogens is 210 g/mol. The van der Waals surface area contributed by atoms with E-state index >= 15 is 0 Å². The second-order valence-electron chi connectivity index (χ2n) is 6.59. The molecule has 3 nitrogen and oxygen atoms in total. The van der Waals surface area contributed by atoms with Gasteiger partial charge in [-0.15, -0.1) is 5.10 Å². The molecule has 0 aliphatic carbocycles. The maximum absolute atomic E-state index is 4.33. The van der Waals surface area contributed by atoms with Gasteiger partial charge in [-0.25, -0.2) is 4.68 Å². The predicted octanol–water partition coefficient (Wildman–Crippen LogP) is 3.96. The summed E-state index contributed by atoms with van der Waals surface area (Å²) in [7, 11) is 0. The van der Waals surface area contributed by atoms with Gasteiger partial charge < -0.3 is 0 Å². The van der Waals surface area contributed by atoms with Crippen LogP contribution in [0, 0.1) is 5.41 Å². The average molecular weight is 237 g/mol. The van der Waals surface area contributed by atoms with Crippen LogP contribution in [-0.2, 0) is 5.54 Å². The topological polar surface area (TPSA) is 30.7 Å². The fraction of sp³-hybridized carbons (Fsp3) is 0.857. The smallest absolute Gasteiger partial charge is 0.0855 e. The Hall–Kier alpha value is -0.860. The number of aromatic nitrogens is 3. The van der Waals surface area contributed by atoms with Gasteiger partial charge in [0.15, 0.2) is 0 Å². The van der Waals surface area contributed by atoms with E-state index in [4.69, 9.17) is 0 Å². The minimum atomic E-state index is -0.0236. The maximum Gasteiger partial charge on any atom is 0.0855 e. The SMILES string of the molecule is CCCC(C)c1cn(C(C)(C)C(C)(C)C)nn1. The van der Waals surface area contributed by atoms with Crippen LogP contribution >= 0.6 is 0 Å². The Kier molecular flexibility index (Phi) is 4.00. The van der Waals surface area contributed by atoms with Crippen molar-refractivity contribution in [3.05, 3.63) is 11.9 Å². The number of rotatable bonds is 4. The highest BCUT2D eigenvalue weighted by Crippen LogP contribution is 2.36. The molecule has 1 aromatic rings. The molecule has 0 saturated heterocycles. The molecule has 0 aliphatic heterocycles. The van der Waals surface area contributed by atoms with E-state index in [-0.39, 0.29) is 11.0 Å². The van der Waals surface area contributed by atoms with Crippen molar-refractivity contribution < 1.29 is 0 Å². The van der Waals surface area contributed by atoms with Crippen molar-refractivity contribution in [2.75, 3.05) is 0 Å². The van der Waals surface area contributed by atoms with Crippen LogP contribution in [-0.4, -0.2) is 15.0 Å². The molecule has 0 bridgehead atoms. The van der Waals surface area contributed by atoms with Crippen molar-refractivity contribution in [2.45, 2.75) is 72.8 Å². The minimum Gasteiger partial charge on any atom is -0.246 e. The summed E-state index contributed by atoms with van der Waals surface area (Å²) in [5, 5.41) is 8.65. The lowest BCUT2D eigenvalue weighted by molar-refractivity contribution is 0.121. The van der Waals surface area contributed by atoms with E-state index in [2.05, 4.69) is 65.0 Å². The zero-order chi connectivity index (χ0) is 13.3. The molecule has 1 heterocycles. The van der Waals surface area contributed by atoms with Gasteiger partial charge >= 0.3 is 0 Å². The summed E-state index contributed by atoms with van der Waals surface area (Å²) in [5.41, 5.74) is 1.25. The van der Waals surface area contributed by atoms with Gasteiger partial charge in [-0.1, -0.05) is 46.3 Å². The molecule has 0 aromatic carbocycles. The van der Waals surface area contributed by atoms with E-state index in [0.29, 0.717) is 5.92 Å². The molecule has 1 unspecified atom stereocenters. The Morgan fingerprint density at radius 1 is 1.24 bits per heavy atom. The maximum atomic E-state index is 4.33. The van der Waals surface area contributed by atoms with Gasteiger partial charge in [0.1, 0.15) is 0 Å². The lowest BCUT2D eigenvalue weighted by Crippen LogP contribution is -2.40. The van der Waals surface area contributed by atoms with Crippen LogP contribution in [0.15, 0.2) is 6.20 Å². The second-order valence-corrected chi connectivity index (χ2v) is 6.59. The molecule has 0 saturated carbocycles. The van der Waals surface area contributed by atoms with Crippen molar-refractivity contribution in [1.82, 2.24) is 15.0 Å². The highest BCUT2D eigenvalue weighted by Gasteiger charge is 2.35. The summed E-state index contributed by atoms with van der Waals surface area (Å²) < 4.78 is 2.02. The predicted molar refractivity (Wildman–Crippen MR) is 72.1 cm³/mol. The zero-order valence-electron chi connectivity index (χ0n) is 12.4. The molecule has 0 amide bonds. The van der Waals surface area contributed by atoms with E-state index in [1.54, 1.807) is 0 Å². The normalized spacial score (nSPS) is 15.0. The summed E-state index contributed by atoms with van der Waals surface area (Å²) >= 11 is 0. The first-order valence-corrected chi connectivity index (χ1v) is 6.63. The first-order valence-electron chi connectivity index (χ1n) is 6.63. The van der Waals surface area contributed by atoms with E-state index in [9.17, 15) is 0 Å². The summed E-state index contributed by atoms with van der Waals surface area (Å²) in [6.07, 6.45) is 4.48. The van der Waals surface area contributed by atoms with Gasteiger partial charge in [0, 0.05) is 12.1 Å². The number of hydrogen-bond donors (Lipinski definition) is 0. The molecular formula is C14H27N3. The van der Waals surface area contributed by atoms with Crippen molar-refractivity contribution >= 4 is 0 Å². The van der Waals surface area contributed by atoms with Gasteiger partial charge in [-0.3, -0.25) is 0 Å². The molecule has 0 N–H and O–H groups in total. The van der Waals surface area contributed by atoms with Gasteiger partial charge in [0.25, 0.3) is 0 Å². The Morgan fingerprint density at radius 2 is 1.82 bits per heavy atom. The lowest BCUT2D eigenvalue weighted by Gasteiger charge is -2.38. The summed E-state index contributed by atoms with van der Waals surface area (Å²) in [5.74, 6) is 0.504. The van der Waals surface area contributed by atoms with E-state index in [0.717, 1.165) is 5.69 Å². The fourth-order valence-corrected chi connectivity index (χ4v) is 1.70. The molecule has 1 atom stereocenters. The Morgan fingerprint density at radius 3 is 2.29 bits per heavy atom. The van der Waals surface area contributed by atoms with Crippen LogP contribution in [0.5, 0.6) is 0 Å². The van der Waals surface area contributed by atoms with Crippen molar-refractivity contribution in [1.29, 1.82) is 0 Å². The largest absolute Gasteiger partial charge is 0.246 e. The highest BCUT2D eigenvalue weighted by molar-refractivity contribution is 5.03. The molecule has 0 aliphatic rings. The van der Waals surface area contributed by atoms with Crippen LogP contribution < -0.4 is 0 Å². The highest BCUT2D eigenvalue weighted by atomic mass is 15.4. The number of hydrogen-bond acceptors (Lipinski definition) is 2. The molecule has 1 aromatic heterocycles. The Balaban J connectivity index is 2.95. The second kappa shape index (κ2) is 4.79. The van der Waals surface area contributed by atoms with Gasteiger partial charge in [0.05, 0.1) is 11.2 Å². The van der Waals surface area contributed by atoms with Crippen LogP contribution in [0.1, 0.15) is 72.9 Å². The zero-order valence-corrected chi connectivity index (χ0v) is 12.4. The van der Waals surface area contributed by atoms with Crippen molar-refractivity contribution in [2.24, 2.45) is 5.41 Å². The van der Waals surface area contributed by atoms with Gasteiger partial charge in [-0.05, 0) is 25.7 Å². The summed E-state index contributed by atoms with van der Waals surface area (Å²) in [6.45, 7) is 15.6. The number of nitrogens with zero attached hydrogens (tertiary/aromatic N) is 3. The lowest BCUT2D eigenvalue weighted by atomic mass is 9.76. The van der Waals surface area contributed by atoms with Crippen molar-refractivity contribution in [3.63, 3.8) is 0 Å². The third-order valence-electron chi connectivity index (χ3n) is 4.15. The van der Waals surface area contributed by atoms with Crippen LogP contribution in [0.3, 0.4) is 0 Å². The molecule has 3 heteroatoms. The molecule has 0 radical (unpaired) electrons. The average Bonchev–Trinajstić information content (AvgIpc) is 2.65. The molecule has 17 heavy (non-hydrogen) atoms. The van der Waals surface area contributed by atoms with Gasteiger partial charge in [0.2, 0.25) is 0 Å². The molecule has 1 rings (SSSR count). The first-order chi connectivity index (χ1) is 7.70. The standard InChI is InChI=1S/C14H27N3/c1-8-9-11(2)12-10-17(16-15-12)14(6,7)13(3,4)5/h10-11H,8-9H2,1-7H3. The minimum absolute atomic E-state index is 0.0236. The molecule has 98 valence electrons. The van der Waals surface area contributed by atoms with Crippen molar-refractivity contribution in [3.8, 4) is 0 Å². The fourth-order valence-electron chi connectivity index (χ4n) is 1.70. The third kappa shape index (κ3) is 2.88. The Bertz CT molecular complexity index is 358. The molecule has 0 fully saturated rings. The van der Waals surface area contributed by atoms with E-state index in [1.165, 1.54) is 12.8 Å². The van der Waals surface area contributed by atoms with E-state index in [1.807, 2.05) is 4.68 Å². The molecule has 0 spiro atoms. The monoisotopic (exact) mass is 237 g/mol. The third-order valence-corrected chi connectivity index (χ3v) is 4.15. The summed E-state index contributed by atoms with van der Waals surface area (Å²) in [4.78, 5) is 0.